The van der Waals surface area contributed by atoms with Gasteiger partial charge in [-0.25, -0.2) is 0 Å². The quantitative estimate of drug-likeness (QED) is 0.168. The van der Waals surface area contributed by atoms with Crippen LogP contribution in [-0.4, -0.2) is 147 Å². The van der Waals surface area contributed by atoms with Crippen molar-refractivity contribution in [3.8, 4) is 0 Å². The maximum atomic E-state index is 14.4. The van der Waals surface area contributed by atoms with Crippen molar-refractivity contribution in [2.75, 3.05) is 61.5 Å². The number of fused-ring (bicyclic) bond motifs is 2. The first kappa shape index (κ1) is 44.2. The summed E-state index contributed by atoms with van der Waals surface area (Å²) < 4.78 is 6.45. The number of aliphatic hydroxyl groups excluding tert-OH is 2. The minimum absolute atomic E-state index is 0.0598. The van der Waals surface area contributed by atoms with Crippen molar-refractivity contribution in [3.63, 3.8) is 0 Å². The molecule has 7 aliphatic rings. The first-order chi connectivity index (χ1) is 26.6. The van der Waals surface area contributed by atoms with Gasteiger partial charge in [0.15, 0.2) is 0 Å². The van der Waals surface area contributed by atoms with Crippen LogP contribution in [0.1, 0.15) is 105 Å². The molecule has 0 aromatic carbocycles. The summed E-state index contributed by atoms with van der Waals surface area (Å²) in [7, 11) is 10.3. The van der Waals surface area contributed by atoms with Crippen molar-refractivity contribution in [1.82, 2.24) is 30.8 Å². The molecule has 5 saturated carbocycles. The fourth-order valence-electron chi connectivity index (χ4n) is 12.8. The van der Waals surface area contributed by atoms with Crippen molar-refractivity contribution in [2.24, 2.45) is 52.8 Å². The van der Waals surface area contributed by atoms with Gasteiger partial charge >= 0.3 is 0 Å². The molecule has 12 nitrogen and oxygen atoms in total. The number of carbonyl (C=O) groups excluding carboxylic acids is 2. The number of methoxy groups -OCH3 is 1. The molecule has 2 bridgehead atoms. The molecular formula is C44H80N6O6. The summed E-state index contributed by atoms with van der Waals surface area (Å²) in [4.78, 5) is 39.5. The molecule has 2 saturated heterocycles. The van der Waals surface area contributed by atoms with E-state index < -0.39 is 24.2 Å². The number of nitrogens with zero attached hydrogens (tertiary/aromatic N) is 3. The van der Waals surface area contributed by atoms with Crippen LogP contribution in [0.2, 0.25) is 0 Å². The normalized spacial score (nSPS) is 41.2. The third-order valence-electron chi connectivity index (χ3n) is 16.1. The predicted octanol–water partition coefficient (Wildman–Crippen LogP) is 3.50. The molecule has 2 heterocycles. The number of hydrogen-bond donors (Lipinski definition) is 5. The van der Waals surface area contributed by atoms with Crippen molar-refractivity contribution in [3.05, 3.63) is 0 Å². The number of nitrogens with one attached hydrogen (secondary N) is 3. The van der Waals surface area contributed by atoms with Crippen molar-refractivity contribution < 1.29 is 29.4 Å². The standard InChI is InChI=1S/C44H80N6O6/c1-26-36-20-31(44(36,3)4)21-37(26)47-43(54)40-39(27(2)52)38(25-51)56-50(40)23-28-13-12-15-35(41(28)55-9)29-17-30(19-34(18-29)49(7)8)42(53)46-33(24-48(5)6)22-32-14-10-11-16-45-32/h26-41,45,51-52H,10-25H2,1-9H3,(H,46,53)(H,47,54)/t26-,27?,28?,29?,30?,31+,32?,33+,34?,35?,36-,37-,38-,39?,40-,41?/m0/s1. The van der Waals surface area contributed by atoms with E-state index in [-0.39, 0.29) is 54.4 Å². The predicted molar refractivity (Wildman–Crippen MR) is 219 cm³/mol. The molecule has 0 spiro atoms. The zero-order valence-corrected chi connectivity index (χ0v) is 36.4. The molecule has 9 unspecified atom stereocenters. The number of carbonyl (C=O) groups is 2. The molecule has 0 radical (unpaired) electrons. The Bertz CT molecular complexity index is 1290. The summed E-state index contributed by atoms with van der Waals surface area (Å²) in [5.74, 6) is 1.76. The van der Waals surface area contributed by atoms with E-state index in [9.17, 15) is 19.8 Å². The molecule has 0 aromatic rings. The highest BCUT2D eigenvalue weighted by Crippen LogP contribution is 2.61. The second-order valence-electron chi connectivity index (χ2n) is 20.4. The fourth-order valence-corrected chi connectivity index (χ4v) is 12.8. The molecule has 12 heteroatoms. The van der Waals surface area contributed by atoms with Crippen LogP contribution in [0, 0.1) is 52.8 Å². The number of hydroxylamine groups is 2. The lowest BCUT2D eigenvalue weighted by atomic mass is 9.45. The maximum absolute atomic E-state index is 14.4. The van der Waals surface area contributed by atoms with Crippen LogP contribution in [0.4, 0.5) is 0 Å². The molecule has 322 valence electrons. The Morgan fingerprint density at radius 2 is 1.79 bits per heavy atom. The number of hydrogen-bond acceptors (Lipinski definition) is 10. The highest BCUT2D eigenvalue weighted by molar-refractivity contribution is 5.83. The Kier molecular flexibility index (Phi) is 14.9. The van der Waals surface area contributed by atoms with Gasteiger partial charge in [0.1, 0.15) is 12.1 Å². The third kappa shape index (κ3) is 9.64. The van der Waals surface area contributed by atoms with Crippen LogP contribution < -0.4 is 16.0 Å². The van der Waals surface area contributed by atoms with E-state index in [1.165, 1.54) is 25.7 Å². The van der Waals surface area contributed by atoms with Gasteiger partial charge in [-0.3, -0.25) is 14.4 Å². The Balaban J connectivity index is 1.15. The van der Waals surface area contributed by atoms with E-state index in [0.29, 0.717) is 47.7 Å². The second kappa shape index (κ2) is 18.9. The van der Waals surface area contributed by atoms with Crippen LogP contribution >= 0.6 is 0 Å². The van der Waals surface area contributed by atoms with Gasteiger partial charge in [-0.05, 0) is 141 Å². The molecule has 7 fully saturated rings. The summed E-state index contributed by atoms with van der Waals surface area (Å²) >= 11 is 0. The van der Waals surface area contributed by atoms with E-state index in [2.05, 4.69) is 74.7 Å². The molecular weight excluding hydrogens is 709 g/mol. The highest BCUT2D eigenvalue weighted by Gasteiger charge is 2.58. The molecule has 0 aromatic heterocycles. The lowest BCUT2D eigenvalue weighted by molar-refractivity contribution is -0.193. The average molecular weight is 789 g/mol. The maximum Gasteiger partial charge on any atom is 0.240 e. The second-order valence-corrected chi connectivity index (χ2v) is 20.4. The topological polar surface area (TPSA) is 139 Å². The molecule has 56 heavy (non-hydrogen) atoms. The first-order valence-electron chi connectivity index (χ1n) is 22.5. The highest BCUT2D eigenvalue weighted by atomic mass is 16.7. The molecule has 2 aliphatic heterocycles. The Morgan fingerprint density at radius 3 is 2.39 bits per heavy atom. The Morgan fingerprint density at radius 1 is 1.02 bits per heavy atom. The molecule has 2 amide bonds. The lowest BCUT2D eigenvalue weighted by Gasteiger charge is -2.62. The first-order valence-corrected chi connectivity index (χ1v) is 22.5. The Labute approximate surface area is 338 Å². The zero-order chi connectivity index (χ0) is 40.5. The molecule has 16 atom stereocenters. The number of aliphatic hydroxyl groups is 2. The van der Waals surface area contributed by atoms with Gasteiger partial charge in [-0.1, -0.05) is 33.6 Å². The Hall–Kier alpha value is -1.38. The number of rotatable bonds is 15. The summed E-state index contributed by atoms with van der Waals surface area (Å²) in [5.41, 5.74) is 0.315. The third-order valence-corrected chi connectivity index (χ3v) is 16.1. The van der Waals surface area contributed by atoms with E-state index in [1.807, 2.05) is 7.11 Å². The number of amides is 2. The van der Waals surface area contributed by atoms with Crippen molar-refractivity contribution in [2.45, 2.75) is 153 Å². The SMILES string of the molecule is COC1C(CN2O[C@@H](CO)C(C(C)O)[C@H]2C(=O)N[C@H]2C[C@H]3C[C@@H]([C@@H]2C)C3(C)C)CCCC1C1CC(C(=O)N[C@H](CC2CCCCN2)CN(C)C)CC(N(C)C)C1. The zero-order valence-electron chi connectivity index (χ0n) is 36.4. The minimum atomic E-state index is -0.828. The summed E-state index contributed by atoms with van der Waals surface area (Å²) in [6.07, 6.45) is 11.0. The average Bonchev–Trinajstić information content (AvgIpc) is 3.53. The van der Waals surface area contributed by atoms with Gasteiger partial charge in [0.2, 0.25) is 11.8 Å². The van der Waals surface area contributed by atoms with Crippen LogP contribution in [0.5, 0.6) is 0 Å². The fraction of sp³-hybridized carbons (Fsp3) is 0.955. The van der Waals surface area contributed by atoms with Crippen LogP contribution in [-0.2, 0) is 19.2 Å². The van der Waals surface area contributed by atoms with Gasteiger partial charge in [0, 0.05) is 62.1 Å². The largest absolute Gasteiger partial charge is 0.394 e. The van der Waals surface area contributed by atoms with Crippen molar-refractivity contribution in [1.29, 1.82) is 0 Å². The number of ether oxygens (including phenoxy) is 1. The van der Waals surface area contributed by atoms with E-state index >= 15 is 0 Å². The van der Waals surface area contributed by atoms with Crippen LogP contribution in [0.25, 0.3) is 0 Å². The summed E-state index contributed by atoms with van der Waals surface area (Å²) in [5, 5.41) is 33.9. The van der Waals surface area contributed by atoms with E-state index in [4.69, 9.17) is 9.57 Å². The summed E-state index contributed by atoms with van der Waals surface area (Å²) in [6, 6.07) is 0.253. The van der Waals surface area contributed by atoms with Gasteiger partial charge in [0.05, 0.1) is 18.8 Å². The number of piperidine rings is 1. The lowest BCUT2D eigenvalue weighted by Crippen LogP contribution is -2.62. The van der Waals surface area contributed by atoms with Crippen LogP contribution in [0.3, 0.4) is 0 Å². The molecule has 7 rings (SSSR count). The monoisotopic (exact) mass is 789 g/mol. The number of likely N-dealkylation sites (N-methyl/N-ethyl adjacent to an activating group) is 1. The van der Waals surface area contributed by atoms with Crippen molar-refractivity contribution >= 4 is 11.8 Å². The smallest absolute Gasteiger partial charge is 0.240 e. The van der Waals surface area contributed by atoms with E-state index in [1.54, 1.807) is 12.0 Å². The van der Waals surface area contributed by atoms with Crippen LogP contribution in [0.15, 0.2) is 0 Å². The minimum Gasteiger partial charge on any atom is -0.394 e. The molecule has 5 N–H and O–H groups in total. The van der Waals surface area contributed by atoms with Gasteiger partial charge in [-0.2, -0.15) is 5.06 Å². The van der Waals surface area contributed by atoms with Gasteiger partial charge < -0.3 is 40.7 Å². The summed E-state index contributed by atoms with van der Waals surface area (Å²) in [6.45, 7) is 10.8. The van der Waals surface area contributed by atoms with Gasteiger partial charge in [-0.15, -0.1) is 0 Å². The molecule has 5 aliphatic carbocycles. The van der Waals surface area contributed by atoms with Gasteiger partial charge in [0.25, 0.3) is 0 Å². The van der Waals surface area contributed by atoms with E-state index in [0.717, 1.165) is 64.5 Å².